The summed E-state index contributed by atoms with van der Waals surface area (Å²) in [5.74, 6) is 0. The molecule has 0 spiro atoms. The lowest BCUT2D eigenvalue weighted by atomic mass is 10.1. The molecule has 19 heavy (non-hydrogen) atoms. The third-order valence-electron chi connectivity index (χ3n) is 3.44. The lowest BCUT2D eigenvalue weighted by Crippen LogP contribution is -3.00. The number of rotatable bonds is 13. The Balaban J connectivity index is 0. The first-order chi connectivity index (χ1) is 8.56. The molecule has 4 heteroatoms. The number of quaternary nitrogens is 1. The molecule has 0 aliphatic carbocycles. The van der Waals surface area contributed by atoms with E-state index in [1.165, 1.54) is 71.3 Å². The molecule has 0 heterocycles. The summed E-state index contributed by atoms with van der Waals surface area (Å²) in [6, 6.07) is 0. The van der Waals surface area contributed by atoms with Gasteiger partial charge in [-0.05, 0) is 6.42 Å². The topological polar surface area (TPSA) is 40.5 Å². The summed E-state index contributed by atoms with van der Waals surface area (Å²) in [7, 11) is 1.40. The average molecular weight is 387 g/mol. The number of unbranched alkanes of at least 4 members (excludes halogenated alkanes) is 11. The Kier molecular flexibility index (Phi) is 17.3. The normalized spacial score (nSPS) is 11.4. The maximum Gasteiger partial charge on any atom is 0.141 e. The van der Waals surface area contributed by atoms with Gasteiger partial charge in [-0.25, -0.2) is 0 Å². The Morgan fingerprint density at radius 3 is 1.26 bits per heavy atom. The molecule has 0 unspecified atom stereocenters. The van der Waals surface area contributed by atoms with Crippen LogP contribution in [-0.4, -0.2) is 28.8 Å². The van der Waals surface area contributed by atoms with Gasteiger partial charge < -0.3 is 24.0 Å². The summed E-state index contributed by atoms with van der Waals surface area (Å²) in [4.78, 5) is -0.877. The smallest absolute Gasteiger partial charge is 0.141 e. The third kappa shape index (κ3) is 21.1. The van der Waals surface area contributed by atoms with Gasteiger partial charge in [-0.3, -0.25) is 0 Å². The van der Waals surface area contributed by atoms with Crippen LogP contribution in [0.3, 0.4) is 0 Å². The number of halogens is 1. The van der Waals surface area contributed by atoms with Crippen LogP contribution in [0.1, 0.15) is 84.0 Å². The molecular formula is C15H34INO2. The fraction of sp³-hybridized carbons (Fsp3) is 1.00. The van der Waals surface area contributed by atoms with Gasteiger partial charge in [-0.2, -0.15) is 10.4 Å². The van der Waals surface area contributed by atoms with E-state index in [9.17, 15) is 0 Å². The van der Waals surface area contributed by atoms with Crippen molar-refractivity contribution in [1.29, 1.82) is 0 Å². The van der Waals surface area contributed by atoms with E-state index < -0.39 is 4.81 Å². The van der Waals surface area contributed by atoms with Crippen LogP contribution in [0.25, 0.3) is 0 Å². The second kappa shape index (κ2) is 15.0. The summed E-state index contributed by atoms with van der Waals surface area (Å²) in [5, 5.41) is 18.1. The molecule has 0 amide bonds. The van der Waals surface area contributed by atoms with E-state index in [1.807, 2.05) is 0 Å². The van der Waals surface area contributed by atoms with Gasteiger partial charge in [-0.15, -0.1) is 0 Å². The molecule has 0 aliphatic heterocycles. The average Bonchev–Trinajstić information content (AvgIpc) is 2.29. The van der Waals surface area contributed by atoms with Gasteiger partial charge in [0.25, 0.3) is 0 Å². The van der Waals surface area contributed by atoms with Crippen LogP contribution in [0, 0.1) is 0 Å². The molecule has 0 atom stereocenters. The molecule has 0 rings (SSSR count). The highest BCUT2D eigenvalue weighted by Gasteiger charge is 2.12. The highest BCUT2D eigenvalue weighted by molar-refractivity contribution is 4.48. The standard InChI is InChI=1S/C15H34NO2.HI/c1-3-4-5-6-7-8-9-10-11-12-13-14-15-16(2,17)18;/h17-18H,3-15H2,1-2H3;1H/q+1;/p-1. The number of hydrogen-bond donors (Lipinski definition) is 2. The molecule has 118 valence electrons. The first kappa shape index (κ1) is 21.9. The zero-order chi connectivity index (χ0) is 13.7. The molecule has 0 aromatic carbocycles. The minimum atomic E-state index is -0.877. The van der Waals surface area contributed by atoms with Crippen LogP contribution in [0.4, 0.5) is 0 Å². The largest absolute Gasteiger partial charge is 1.00 e. The fourth-order valence-electron chi connectivity index (χ4n) is 2.25. The summed E-state index contributed by atoms with van der Waals surface area (Å²) in [5.41, 5.74) is 0. The van der Waals surface area contributed by atoms with Crippen molar-refractivity contribution in [2.45, 2.75) is 84.0 Å². The maximum atomic E-state index is 9.07. The van der Waals surface area contributed by atoms with Crippen molar-refractivity contribution in [2.24, 2.45) is 0 Å². The molecule has 0 aromatic heterocycles. The quantitative estimate of drug-likeness (QED) is 0.219. The Bertz CT molecular complexity index is 172. The Morgan fingerprint density at radius 1 is 0.632 bits per heavy atom. The van der Waals surface area contributed by atoms with Crippen LogP contribution in [0.5, 0.6) is 0 Å². The molecule has 2 N–H and O–H groups in total. The van der Waals surface area contributed by atoms with Crippen molar-refractivity contribution >= 4 is 0 Å². The van der Waals surface area contributed by atoms with Crippen LogP contribution in [0.15, 0.2) is 0 Å². The molecule has 0 saturated carbocycles. The van der Waals surface area contributed by atoms with Crippen molar-refractivity contribution in [3.8, 4) is 0 Å². The van der Waals surface area contributed by atoms with Gasteiger partial charge in [-0.1, -0.05) is 75.9 Å². The van der Waals surface area contributed by atoms with Gasteiger partial charge in [0.05, 0.1) is 0 Å². The van der Waals surface area contributed by atoms with Gasteiger partial charge in [0.1, 0.15) is 13.6 Å². The third-order valence-corrected chi connectivity index (χ3v) is 3.44. The van der Waals surface area contributed by atoms with Crippen molar-refractivity contribution in [3.63, 3.8) is 0 Å². The summed E-state index contributed by atoms with van der Waals surface area (Å²) in [6.07, 6.45) is 15.6. The summed E-state index contributed by atoms with van der Waals surface area (Å²) in [6.45, 7) is 2.70. The van der Waals surface area contributed by atoms with Gasteiger partial charge in [0.2, 0.25) is 0 Å². The zero-order valence-corrected chi connectivity index (χ0v) is 15.1. The van der Waals surface area contributed by atoms with Crippen molar-refractivity contribution in [2.75, 3.05) is 13.6 Å². The molecule has 0 fully saturated rings. The lowest BCUT2D eigenvalue weighted by Gasteiger charge is -2.14. The van der Waals surface area contributed by atoms with Crippen LogP contribution in [-0.2, 0) is 0 Å². The van der Waals surface area contributed by atoms with E-state index in [0.29, 0.717) is 6.54 Å². The molecule has 0 aromatic rings. The predicted octanol–water partition coefficient (Wildman–Crippen LogP) is 1.92. The van der Waals surface area contributed by atoms with E-state index in [1.54, 1.807) is 0 Å². The summed E-state index contributed by atoms with van der Waals surface area (Å²) < 4.78 is 0. The van der Waals surface area contributed by atoms with Crippen LogP contribution < -0.4 is 24.0 Å². The second-order valence-electron chi connectivity index (χ2n) is 5.70. The molecule has 3 nitrogen and oxygen atoms in total. The number of nitrogens with zero attached hydrogens (tertiary/aromatic N) is 1. The first-order valence-corrected chi connectivity index (χ1v) is 7.87. The number of hydrogen-bond acceptors (Lipinski definition) is 2. The lowest BCUT2D eigenvalue weighted by molar-refractivity contribution is -1.23. The van der Waals surface area contributed by atoms with Crippen molar-refractivity contribution < 1.29 is 39.2 Å². The molecular weight excluding hydrogens is 353 g/mol. The van der Waals surface area contributed by atoms with Gasteiger partial charge >= 0.3 is 0 Å². The molecule has 0 aliphatic rings. The maximum absolute atomic E-state index is 9.07. The van der Waals surface area contributed by atoms with E-state index in [0.717, 1.165) is 12.8 Å². The SMILES string of the molecule is CCCCCCCCCCCCCC[N+](C)(O)O.[I-]. The Morgan fingerprint density at radius 2 is 0.947 bits per heavy atom. The van der Waals surface area contributed by atoms with E-state index in [4.69, 9.17) is 10.4 Å². The highest BCUT2D eigenvalue weighted by atomic mass is 127. The molecule has 0 saturated heterocycles. The first-order valence-electron chi connectivity index (χ1n) is 7.87. The van der Waals surface area contributed by atoms with Crippen molar-refractivity contribution in [3.05, 3.63) is 0 Å². The minimum absolute atomic E-state index is 0. The number of hydroxylamine groups is 4. The Labute approximate surface area is 136 Å². The van der Waals surface area contributed by atoms with E-state index >= 15 is 0 Å². The molecule has 0 bridgehead atoms. The predicted molar refractivity (Wildman–Crippen MR) is 75.7 cm³/mol. The minimum Gasteiger partial charge on any atom is -1.00 e. The monoisotopic (exact) mass is 387 g/mol. The fourth-order valence-corrected chi connectivity index (χ4v) is 2.25. The summed E-state index contributed by atoms with van der Waals surface area (Å²) >= 11 is 0. The zero-order valence-electron chi connectivity index (χ0n) is 12.9. The van der Waals surface area contributed by atoms with Gasteiger partial charge in [0, 0.05) is 6.42 Å². The van der Waals surface area contributed by atoms with Crippen molar-refractivity contribution in [1.82, 2.24) is 0 Å². The van der Waals surface area contributed by atoms with Crippen LogP contribution >= 0.6 is 0 Å². The Hall–Kier alpha value is 0.610. The van der Waals surface area contributed by atoms with Gasteiger partial charge in [0.15, 0.2) is 0 Å². The second-order valence-corrected chi connectivity index (χ2v) is 5.70. The van der Waals surface area contributed by atoms with Crippen LogP contribution in [0.2, 0.25) is 0 Å². The van der Waals surface area contributed by atoms with E-state index in [-0.39, 0.29) is 24.0 Å². The molecule has 0 radical (unpaired) electrons. The highest BCUT2D eigenvalue weighted by Crippen LogP contribution is 2.12. The van der Waals surface area contributed by atoms with E-state index in [2.05, 4.69) is 6.92 Å².